The first kappa shape index (κ1) is 18.3. The molecule has 1 aliphatic heterocycles. The van der Waals surface area contributed by atoms with Crippen LogP contribution in [-0.2, 0) is 4.79 Å². The maximum absolute atomic E-state index is 12.5. The minimum absolute atomic E-state index is 0.00489. The van der Waals surface area contributed by atoms with Gasteiger partial charge in [-0.2, -0.15) is 5.10 Å². The van der Waals surface area contributed by atoms with Crippen molar-refractivity contribution in [2.24, 2.45) is 0 Å². The number of nitrogens with zero attached hydrogens (tertiary/aromatic N) is 2. The molecular weight excluding hydrogens is 350 g/mol. The number of unbranched alkanes of at least 4 members (excludes halogenated alkanes) is 1. The van der Waals surface area contributed by atoms with Gasteiger partial charge in [-0.25, -0.2) is 4.68 Å². The first-order valence-corrected chi connectivity index (χ1v) is 9.84. The highest BCUT2D eigenvalue weighted by molar-refractivity contribution is 5.94. The van der Waals surface area contributed by atoms with Gasteiger partial charge in [0.1, 0.15) is 11.6 Å². The zero-order valence-corrected chi connectivity index (χ0v) is 16.3. The number of para-hydroxylation sites is 1. The molecule has 1 atom stereocenters. The Balaban J connectivity index is 1.73. The summed E-state index contributed by atoms with van der Waals surface area (Å²) in [5.41, 5.74) is 4.18. The predicted molar refractivity (Wildman–Crippen MR) is 110 cm³/mol. The van der Waals surface area contributed by atoms with E-state index in [0.717, 1.165) is 41.2 Å². The summed E-state index contributed by atoms with van der Waals surface area (Å²) in [5, 5.41) is 7.59. The quantitative estimate of drug-likeness (QED) is 0.628. The Morgan fingerprint density at radius 3 is 2.71 bits per heavy atom. The minimum Gasteiger partial charge on any atom is -0.493 e. The average Bonchev–Trinajstić information content (AvgIpc) is 3.12. The smallest absolute Gasteiger partial charge is 0.226 e. The molecule has 5 heteroatoms. The molecule has 0 fully saturated rings. The first-order valence-electron chi connectivity index (χ1n) is 9.84. The Hall–Kier alpha value is -3.08. The van der Waals surface area contributed by atoms with Gasteiger partial charge < -0.3 is 10.1 Å². The zero-order valence-electron chi connectivity index (χ0n) is 16.3. The van der Waals surface area contributed by atoms with E-state index in [-0.39, 0.29) is 11.8 Å². The Bertz CT molecular complexity index is 976. The molecule has 0 saturated carbocycles. The summed E-state index contributed by atoms with van der Waals surface area (Å²) in [6.07, 6.45) is 4.35. The second-order valence-corrected chi connectivity index (χ2v) is 7.24. The van der Waals surface area contributed by atoms with Crippen molar-refractivity contribution in [3.63, 3.8) is 0 Å². The van der Waals surface area contributed by atoms with Gasteiger partial charge in [0.25, 0.3) is 0 Å². The number of aromatic nitrogens is 2. The molecule has 1 aliphatic rings. The second kappa shape index (κ2) is 7.89. The van der Waals surface area contributed by atoms with E-state index in [1.807, 2.05) is 48.7 Å². The number of rotatable bonds is 6. The van der Waals surface area contributed by atoms with Crippen LogP contribution in [0.4, 0.5) is 5.82 Å². The molecule has 1 amide bonds. The van der Waals surface area contributed by atoms with Gasteiger partial charge in [-0.1, -0.05) is 49.2 Å². The number of carbonyl (C=O) groups excluding carboxylic acids is 1. The molecule has 1 unspecified atom stereocenters. The van der Waals surface area contributed by atoms with E-state index < -0.39 is 0 Å². The summed E-state index contributed by atoms with van der Waals surface area (Å²) in [4.78, 5) is 12.5. The summed E-state index contributed by atoms with van der Waals surface area (Å²) in [6, 6.07) is 16.1. The van der Waals surface area contributed by atoms with Gasteiger partial charge in [-0.05, 0) is 31.5 Å². The van der Waals surface area contributed by atoms with Gasteiger partial charge in [0.05, 0.1) is 18.5 Å². The summed E-state index contributed by atoms with van der Waals surface area (Å²) in [5.74, 6) is 1.52. The van der Waals surface area contributed by atoms with E-state index in [1.54, 1.807) is 4.68 Å². The largest absolute Gasteiger partial charge is 0.493 e. The van der Waals surface area contributed by atoms with Crippen molar-refractivity contribution in [3.8, 4) is 11.4 Å². The standard InChI is InChI=1S/C23H25N3O2/c1-3-4-13-28-21-8-6-5-7-18(21)19-14-22(27)25-23-20(19)15-24-26(23)17-11-9-16(2)10-12-17/h5-12,15,19H,3-4,13-14H2,1-2H3,(H,25,27). The molecule has 1 aromatic heterocycles. The molecular formula is C23H25N3O2. The predicted octanol–water partition coefficient (Wildman–Crippen LogP) is 4.83. The molecule has 2 aromatic carbocycles. The molecule has 0 saturated heterocycles. The molecule has 0 aliphatic carbocycles. The maximum atomic E-state index is 12.5. The molecule has 0 radical (unpaired) electrons. The normalized spacial score (nSPS) is 15.8. The monoisotopic (exact) mass is 375 g/mol. The number of carbonyl (C=O) groups is 1. The van der Waals surface area contributed by atoms with Crippen LogP contribution in [0.1, 0.15) is 48.8 Å². The maximum Gasteiger partial charge on any atom is 0.226 e. The Kier molecular flexibility index (Phi) is 5.15. The fraction of sp³-hybridized carbons (Fsp3) is 0.304. The van der Waals surface area contributed by atoms with Crippen LogP contribution >= 0.6 is 0 Å². The molecule has 4 rings (SSSR count). The Morgan fingerprint density at radius 1 is 1.14 bits per heavy atom. The van der Waals surface area contributed by atoms with Crippen LogP contribution in [0.3, 0.4) is 0 Å². The Morgan fingerprint density at radius 2 is 1.93 bits per heavy atom. The van der Waals surface area contributed by atoms with Crippen molar-refractivity contribution in [2.45, 2.75) is 39.0 Å². The van der Waals surface area contributed by atoms with Crippen LogP contribution < -0.4 is 10.1 Å². The van der Waals surface area contributed by atoms with Gasteiger partial charge in [-0.15, -0.1) is 0 Å². The summed E-state index contributed by atoms with van der Waals surface area (Å²) in [7, 11) is 0. The average molecular weight is 375 g/mol. The summed E-state index contributed by atoms with van der Waals surface area (Å²) in [6.45, 7) is 4.88. The second-order valence-electron chi connectivity index (χ2n) is 7.24. The number of fused-ring (bicyclic) bond motifs is 1. The van der Waals surface area contributed by atoms with Crippen molar-refractivity contribution in [1.82, 2.24) is 9.78 Å². The van der Waals surface area contributed by atoms with Crippen molar-refractivity contribution in [1.29, 1.82) is 0 Å². The fourth-order valence-electron chi connectivity index (χ4n) is 3.61. The molecule has 144 valence electrons. The van der Waals surface area contributed by atoms with Crippen LogP contribution in [0.15, 0.2) is 54.7 Å². The fourth-order valence-corrected chi connectivity index (χ4v) is 3.61. The third-order valence-electron chi connectivity index (χ3n) is 5.15. The molecule has 0 spiro atoms. The highest BCUT2D eigenvalue weighted by Crippen LogP contribution is 2.41. The topological polar surface area (TPSA) is 56.1 Å². The lowest BCUT2D eigenvalue weighted by Gasteiger charge is -2.25. The minimum atomic E-state index is -0.0687. The molecule has 28 heavy (non-hydrogen) atoms. The van der Waals surface area contributed by atoms with Crippen LogP contribution in [-0.4, -0.2) is 22.3 Å². The van der Waals surface area contributed by atoms with Crippen molar-refractivity contribution >= 4 is 11.7 Å². The van der Waals surface area contributed by atoms with Crippen LogP contribution in [0, 0.1) is 6.92 Å². The van der Waals surface area contributed by atoms with Crippen LogP contribution in [0.2, 0.25) is 0 Å². The highest BCUT2D eigenvalue weighted by atomic mass is 16.5. The lowest BCUT2D eigenvalue weighted by molar-refractivity contribution is -0.116. The Labute approximate surface area is 165 Å². The van der Waals surface area contributed by atoms with Gasteiger partial charge >= 0.3 is 0 Å². The van der Waals surface area contributed by atoms with Crippen LogP contribution in [0.5, 0.6) is 5.75 Å². The number of nitrogens with one attached hydrogen (secondary N) is 1. The van der Waals surface area contributed by atoms with Gasteiger partial charge in [0, 0.05) is 23.5 Å². The van der Waals surface area contributed by atoms with Gasteiger partial charge in [-0.3, -0.25) is 4.79 Å². The third-order valence-corrected chi connectivity index (χ3v) is 5.15. The van der Waals surface area contributed by atoms with E-state index in [9.17, 15) is 4.79 Å². The molecule has 2 heterocycles. The van der Waals surface area contributed by atoms with Gasteiger partial charge in [0.15, 0.2) is 0 Å². The molecule has 5 nitrogen and oxygen atoms in total. The van der Waals surface area contributed by atoms with E-state index in [2.05, 4.69) is 30.3 Å². The lowest BCUT2D eigenvalue weighted by Crippen LogP contribution is -2.25. The van der Waals surface area contributed by atoms with E-state index in [4.69, 9.17) is 4.74 Å². The summed E-state index contributed by atoms with van der Waals surface area (Å²) >= 11 is 0. The van der Waals surface area contributed by atoms with Crippen LogP contribution in [0.25, 0.3) is 5.69 Å². The zero-order chi connectivity index (χ0) is 19.5. The highest BCUT2D eigenvalue weighted by Gasteiger charge is 2.32. The van der Waals surface area contributed by atoms with Crippen molar-refractivity contribution < 1.29 is 9.53 Å². The number of hydrogen-bond acceptors (Lipinski definition) is 3. The number of ether oxygens (including phenoxy) is 1. The number of benzene rings is 2. The van der Waals surface area contributed by atoms with E-state index in [1.165, 1.54) is 5.56 Å². The number of amides is 1. The van der Waals surface area contributed by atoms with Crippen molar-refractivity contribution in [2.75, 3.05) is 11.9 Å². The molecule has 0 bridgehead atoms. The molecule has 1 N–H and O–H groups in total. The lowest BCUT2D eigenvalue weighted by atomic mass is 9.87. The van der Waals surface area contributed by atoms with E-state index in [0.29, 0.717) is 13.0 Å². The van der Waals surface area contributed by atoms with E-state index >= 15 is 0 Å². The number of hydrogen-bond donors (Lipinski definition) is 1. The third kappa shape index (κ3) is 3.52. The number of anilines is 1. The summed E-state index contributed by atoms with van der Waals surface area (Å²) < 4.78 is 7.83. The number of aryl methyl sites for hydroxylation is 1. The van der Waals surface area contributed by atoms with Crippen molar-refractivity contribution in [3.05, 3.63) is 71.4 Å². The molecule has 3 aromatic rings. The van der Waals surface area contributed by atoms with Gasteiger partial charge in [0.2, 0.25) is 5.91 Å². The SMILES string of the molecule is CCCCOc1ccccc1C1CC(=O)Nc2c1cnn2-c1ccc(C)cc1. The first-order chi connectivity index (χ1) is 13.7.